The second-order valence-electron chi connectivity index (χ2n) is 4.35. The second kappa shape index (κ2) is 4.25. The van der Waals surface area contributed by atoms with Crippen molar-refractivity contribution in [3.8, 4) is 0 Å². The van der Waals surface area contributed by atoms with Gasteiger partial charge in [-0.25, -0.2) is 8.42 Å². The van der Waals surface area contributed by atoms with E-state index in [1.54, 1.807) is 37.8 Å². The molecule has 0 atom stereocenters. The van der Waals surface area contributed by atoms with Crippen LogP contribution in [-0.4, -0.2) is 28.7 Å². The maximum absolute atomic E-state index is 11.8. The summed E-state index contributed by atoms with van der Waals surface area (Å²) in [4.78, 5) is 0. The number of nitrogens with zero attached hydrogens (tertiary/aromatic N) is 2. The maximum atomic E-state index is 11.8. The van der Waals surface area contributed by atoms with Crippen LogP contribution >= 0.6 is 15.9 Å². The van der Waals surface area contributed by atoms with E-state index in [-0.39, 0.29) is 5.75 Å². The van der Waals surface area contributed by atoms with Crippen molar-refractivity contribution >= 4 is 25.8 Å². The van der Waals surface area contributed by atoms with E-state index in [9.17, 15) is 8.42 Å². The quantitative estimate of drug-likeness (QED) is 0.855. The maximum Gasteiger partial charge on any atom is 0.157 e. The highest BCUT2D eigenvalue weighted by atomic mass is 79.9. The van der Waals surface area contributed by atoms with Gasteiger partial charge in [-0.05, 0) is 36.7 Å². The molecule has 0 aliphatic carbocycles. The van der Waals surface area contributed by atoms with Crippen molar-refractivity contribution in [1.29, 1.82) is 0 Å². The summed E-state index contributed by atoms with van der Waals surface area (Å²) in [5.41, 5.74) is 0. The van der Waals surface area contributed by atoms with Crippen molar-refractivity contribution in [1.82, 2.24) is 9.78 Å². The fourth-order valence-corrected chi connectivity index (χ4v) is 2.35. The van der Waals surface area contributed by atoms with Gasteiger partial charge in [0.05, 0.1) is 27.7 Å². The molecular weight excluding hydrogens is 280 g/mol. The van der Waals surface area contributed by atoms with Crippen molar-refractivity contribution in [2.75, 3.05) is 5.75 Å². The molecular formula is C9H15BrN2O2S. The van der Waals surface area contributed by atoms with Crippen LogP contribution in [0.1, 0.15) is 20.8 Å². The van der Waals surface area contributed by atoms with Crippen LogP contribution in [-0.2, 0) is 16.4 Å². The zero-order chi connectivity index (χ0) is 11.7. The normalized spacial score (nSPS) is 13.1. The van der Waals surface area contributed by atoms with Gasteiger partial charge in [0.25, 0.3) is 0 Å². The number of aromatic nitrogens is 2. The highest BCUT2D eigenvalue weighted by molar-refractivity contribution is 9.10. The molecule has 4 nitrogen and oxygen atoms in total. The smallest absolute Gasteiger partial charge is 0.157 e. The SMILES string of the molecule is CC(C)(C)S(=O)(=O)CCn1cc(Br)cn1. The Hall–Kier alpha value is -0.360. The van der Waals surface area contributed by atoms with Crippen LogP contribution in [0.25, 0.3) is 0 Å². The zero-order valence-corrected chi connectivity index (χ0v) is 11.5. The van der Waals surface area contributed by atoms with Gasteiger partial charge in [0.15, 0.2) is 9.84 Å². The molecule has 0 aliphatic rings. The third-order valence-electron chi connectivity index (χ3n) is 2.12. The monoisotopic (exact) mass is 294 g/mol. The molecule has 0 unspecified atom stereocenters. The molecule has 0 amide bonds. The molecule has 15 heavy (non-hydrogen) atoms. The van der Waals surface area contributed by atoms with Gasteiger partial charge in [-0.15, -0.1) is 0 Å². The van der Waals surface area contributed by atoms with Crippen LogP contribution in [0.2, 0.25) is 0 Å². The fourth-order valence-electron chi connectivity index (χ4n) is 0.981. The van der Waals surface area contributed by atoms with Crippen LogP contribution in [0.5, 0.6) is 0 Å². The Labute approximate surface area is 98.7 Å². The Kier molecular flexibility index (Phi) is 3.60. The highest BCUT2D eigenvalue weighted by Gasteiger charge is 2.28. The minimum absolute atomic E-state index is 0.116. The van der Waals surface area contributed by atoms with Crippen LogP contribution in [0.4, 0.5) is 0 Å². The van der Waals surface area contributed by atoms with E-state index in [0.717, 1.165) is 4.47 Å². The standard InChI is InChI=1S/C9H15BrN2O2S/c1-9(2,3)15(13,14)5-4-12-7-8(10)6-11-12/h6-7H,4-5H2,1-3H3. The first-order chi connectivity index (χ1) is 6.72. The molecule has 0 saturated heterocycles. The Bertz CT molecular complexity index is 431. The topological polar surface area (TPSA) is 52.0 Å². The predicted octanol–water partition coefficient (Wildman–Crippen LogP) is 1.86. The Morgan fingerprint density at radius 2 is 2.07 bits per heavy atom. The summed E-state index contributed by atoms with van der Waals surface area (Å²) >= 11 is 3.26. The largest absolute Gasteiger partial charge is 0.271 e. The molecule has 0 fully saturated rings. The minimum Gasteiger partial charge on any atom is -0.271 e. The van der Waals surface area contributed by atoms with E-state index in [4.69, 9.17) is 0 Å². The van der Waals surface area contributed by atoms with Gasteiger partial charge in [0.2, 0.25) is 0 Å². The lowest BCUT2D eigenvalue weighted by Gasteiger charge is -2.18. The van der Waals surface area contributed by atoms with Crippen molar-refractivity contribution in [2.24, 2.45) is 0 Å². The molecule has 1 rings (SSSR count). The molecule has 1 aromatic rings. The van der Waals surface area contributed by atoms with Crippen LogP contribution < -0.4 is 0 Å². The number of sulfone groups is 1. The molecule has 0 bridgehead atoms. The van der Waals surface area contributed by atoms with Gasteiger partial charge in [0.1, 0.15) is 0 Å². The van der Waals surface area contributed by atoms with E-state index in [2.05, 4.69) is 21.0 Å². The highest BCUT2D eigenvalue weighted by Crippen LogP contribution is 2.16. The van der Waals surface area contributed by atoms with Crippen LogP contribution in [0.3, 0.4) is 0 Å². The van der Waals surface area contributed by atoms with Gasteiger partial charge in [0, 0.05) is 6.20 Å². The van der Waals surface area contributed by atoms with Gasteiger partial charge >= 0.3 is 0 Å². The van der Waals surface area contributed by atoms with E-state index >= 15 is 0 Å². The predicted molar refractivity (Wildman–Crippen MR) is 63.5 cm³/mol. The van der Waals surface area contributed by atoms with Crippen molar-refractivity contribution < 1.29 is 8.42 Å². The van der Waals surface area contributed by atoms with Crippen molar-refractivity contribution in [3.05, 3.63) is 16.9 Å². The Balaban J connectivity index is 2.66. The van der Waals surface area contributed by atoms with Crippen molar-refractivity contribution in [2.45, 2.75) is 32.1 Å². The average molecular weight is 295 g/mol. The van der Waals surface area contributed by atoms with Crippen molar-refractivity contribution in [3.63, 3.8) is 0 Å². The van der Waals surface area contributed by atoms with Gasteiger partial charge < -0.3 is 0 Å². The van der Waals surface area contributed by atoms with E-state index < -0.39 is 14.6 Å². The minimum atomic E-state index is -3.06. The summed E-state index contributed by atoms with van der Waals surface area (Å²) in [5.74, 6) is 0.116. The summed E-state index contributed by atoms with van der Waals surface area (Å²) in [5, 5.41) is 4.01. The van der Waals surface area contributed by atoms with E-state index in [1.807, 2.05) is 0 Å². The van der Waals surface area contributed by atoms with E-state index in [0.29, 0.717) is 6.54 Å². The Morgan fingerprint density at radius 3 is 2.47 bits per heavy atom. The summed E-state index contributed by atoms with van der Waals surface area (Å²) < 4.78 is 25.3. The molecule has 1 aromatic heterocycles. The van der Waals surface area contributed by atoms with Gasteiger partial charge in [-0.2, -0.15) is 5.10 Å². The lowest BCUT2D eigenvalue weighted by Crippen LogP contribution is -2.32. The molecule has 0 spiro atoms. The van der Waals surface area contributed by atoms with Gasteiger partial charge in [-0.1, -0.05) is 0 Å². The summed E-state index contributed by atoms with van der Waals surface area (Å²) in [6, 6.07) is 0. The molecule has 0 aromatic carbocycles. The molecule has 0 N–H and O–H groups in total. The molecule has 0 aliphatic heterocycles. The zero-order valence-electron chi connectivity index (χ0n) is 9.07. The molecule has 1 heterocycles. The van der Waals surface area contributed by atoms with Crippen LogP contribution in [0, 0.1) is 0 Å². The lowest BCUT2D eigenvalue weighted by molar-refractivity contribution is 0.548. The molecule has 0 saturated carbocycles. The average Bonchev–Trinajstić information content (AvgIpc) is 2.46. The number of hydrogen-bond donors (Lipinski definition) is 0. The molecule has 6 heteroatoms. The lowest BCUT2D eigenvalue weighted by atomic mass is 10.3. The second-order valence-corrected chi connectivity index (χ2v) is 8.13. The first kappa shape index (κ1) is 12.7. The molecule has 0 radical (unpaired) electrons. The number of aryl methyl sites for hydroxylation is 1. The number of hydrogen-bond acceptors (Lipinski definition) is 3. The van der Waals surface area contributed by atoms with Gasteiger partial charge in [-0.3, -0.25) is 4.68 Å². The van der Waals surface area contributed by atoms with Crippen LogP contribution in [0.15, 0.2) is 16.9 Å². The third kappa shape index (κ3) is 3.31. The first-order valence-corrected chi connectivity index (χ1v) is 7.07. The summed E-state index contributed by atoms with van der Waals surface area (Å²) in [7, 11) is -3.06. The number of rotatable bonds is 3. The summed E-state index contributed by atoms with van der Waals surface area (Å²) in [6.45, 7) is 5.52. The number of halogens is 1. The third-order valence-corrected chi connectivity index (χ3v) is 5.12. The molecule has 86 valence electrons. The first-order valence-electron chi connectivity index (χ1n) is 4.63. The summed E-state index contributed by atoms with van der Waals surface area (Å²) in [6.07, 6.45) is 3.40. The van der Waals surface area contributed by atoms with E-state index in [1.165, 1.54) is 0 Å². The fraction of sp³-hybridized carbons (Fsp3) is 0.667. The Morgan fingerprint density at radius 1 is 1.47 bits per heavy atom.